The van der Waals surface area contributed by atoms with Crippen LogP contribution in [0.15, 0.2) is 24.3 Å². The summed E-state index contributed by atoms with van der Waals surface area (Å²) < 4.78 is 11.6. The normalized spacial score (nSPS) is 24.6. The first-order valence-electron chi connectivity index (χ1n) is 10.1. The van der Waals surface area contributed by atoms with Crippen molar-refractivity contribution in [3.63, 3.8) is 0 Å². The number of hydrogen-bond acceptors (Lipinski definition) is 5. The van der Waals surface area contributed by atoms with Crippen molar-refractivity contribution < 1.29 is 24.2 Å². The Morgan fingerprint density at radius 1 is 1.30 bits per heavy atom. The summed E-state index contributed by atoms with van der Waals surface area (Å²) in [5.74, 6) is -1.50. The van der Waals surface area contributed by atoms with Crippen molar-refractivity contribution in [2.75, 3.05) is 13.1 Å². The molecule has 0 bridgehead atoms. The smallest absolute Gasteiger partial charge is 0.268 e. The van der Waals surface area contributed by atoms with Crippen molar-refractivity contribution in [3.8, 4) is 0 Å². The van der Waals surface area contributed by atoms with Crippen LogP contribution in [0.5, 0.6) is 0 Å². The molecule has 162 valence electrons. The molecule has 30 heavy (non-hydrogen) atoms. The molecule has 0 spiro atoms. The Labute approximate surface area is 179 Å². The standard InChI is InChI=1S/C21H26ClN3O5/c1-4-13(24-19(27)15-8-11-7-12(22)5-6-14(11)23-15)18(26)20(28)25-9-16-17(10-25)30-21(2,3)29-16/h5-8,13,16-18,23,26H,4,9-10H2,1-3H3,(H,24,27)/t13-,16-,17+,18+/m0/s1. The lowest BCUT2D eigenvalue weighted by Crippen LogP contribution is -2.51. The molecule has 2 amide bonds. The number of nitrogens with one attached hydrogen (secondary N) is 2. The zero-order chi connectivity index (χ0) is 21.6. The molecular weight excluding hydrogens is 410 g/mol. The van der Waals surface area contributed by atoms with E-state index in [2.05, 4.69) is 10.3 Å². The number of aliphatic hydroxyl groups excluding tert-OH is 1. The van der Waals surface area contributed by atoms with E-state index in [-0.39, 0.29) is 12.2 Å². The van der Waals surface area contributed by atoms with Gasteiger partial charge in [0.05, 0.1) is 6.04 Å². The van der Waals surface area contributed by atoms with Crippen LogP contribution >= 0.6 is 11.6 Å². The zero-order valence-corrected chi connectivity index (χ0v) is 17.9. The lowest BCUT2D eigenvalue weighted by Gasteiger charge is -2.28. The summed E-state index contributed by atoms with van der Waals surface area (Å²) in [4.78, 5) is 30.1. The zero-order valence-electron chi connectivity index (χ0n) is 17.1. The molecule has 0 unspecified atom stereocenters. The number of fused-ring (bicyclic) bond motifs is 2. The highest BCUT2D eigenvalue weighted by atomic mass is 35.5. The Morgan fingerprint density at radius 3 is 2.60 bits per heavy atom. The van der Waals surface area contributed by atoms with Crippen LogP contribution in [-0.2, 0) is 14.3 Å². The van der Waals surface area contributed by atoms with E-state index in [1.807, 2.05) is 13.8 Å². The van der Waals surface area contributed by atoms with Crippen molar-refractivity contribution in [1.82, 2.24) is 15.2 Å². The maximum absolute atomic E-state index is 12.8. The molecule has 8 nitrogen and oxygen atoms in total. The predicted molar refractivity (Wildman–Crippen MR) is 111 cm³/mol. The van der Waals surface area contributed by atoms with Gasteiger partial charge in [-0.05, 0) is 44.5 Å². The Balaban J connectivity index is 1.40. The van der Waals surface area contributed by atoms with Crippen molar-refractivity contribution in [1.29, 1.82) is 0 Å². The molecule has 2 fully saturated rings. The number of rotatable bonds is 5. The molecule has 2 aromatic rings. The minimum absolute atomic E-state index is 0.205. The fraction of sp³-hybridized carbons (Fsp3) is 0.524. The second-order valence-electron chi connectivity index (χ2n) is 8.30. The number of halogens is 1. The van der Waals surface area contributed by atoms with E-state index in [4.69, 9.17) is 21.1 Å². The van der Waals surface area contributed by atoms with Crippen LogP contribution in [0, 0.1) is 0 Å². The summed E-state index contributed by atoms with van der Waals surface area (Å²) in [7, 11) is 0. The summed E-state index contributed by atoms with van der Waals surface area (Å²) in [5.41, 5.74) is 1.12. The molecule has 2 aliphatic heterocycles. The molecule has 1 aromatic heterocycles. The maximum Gasteiger partial charge on any atom is 0.268 e. The van der Waals surface area contributed by atoms with Crippen molar-refractivity contribution in [2.24, 2.45) is 0 Å². The highest BCUT2D eigenvalue weighted by molar-refractivity contribution is 6.31. The number of likely N-dealkylation sites (tertiary alicyclic amines) is 1. The predicted octanol–water partition coefficient (Wildman–Crippen LogP) is 2.05. The van der Waals surface area contributed by atoms with E-state index in [1.54, 1.807) is 31.2 Å². The minimum atomic E-state index is -1.36. The summed E-state index contributed by atoms with van der Waals surface area (Å²) in [5, 5.41) is 14.8. The number of aromatic nitrogens is 1. The Hall–Kier alpha value is -2.13. The number of H-pyrrole nitrogens is 1. The number of amides is 2. The Kier molecular flexibility index (Phi) is 5.52. The molecule has 0 radical (unpaired) electrons. The van der Waals surface area contributed by atoms with E-state index < -0.39 is 29.7 Å². The van der Waals surface area contributed by atoms with Gasteiger partial charge in [-0.25, -0.2) is 0 Å². The molecular formula is C21H26ClN3O5. The van der Waals surface area contributed by atoms with Gasteiger partial charge in [-0.15, -0.1) is 0 Å². The second-order valence-corrected chi connectivity index (χ2v) is 8.74. The third kappa shape index (κ3) is 4.05. The topological polar surface area (TPSA) is 104 Å². The summed E-state index contributed by atoms with van der Waals surface area (Å²) in [6.45, 7) is 6.20. The van der Waals surface area contributed by atoms with Gasteiger partial charge >= 0.3 is 0 Å². The van der Waals surface area contributed by atoms with Crippen molar-refractivity contribution >= 4 is 34.3 Å². The molecule has 9 heteroatoms. The molecule has 2 saturated heterocycles. The first-order valence-corrected chi connectivity index (χ1v) is 10.5. The first kappa shape index (κ1) is 21.1. The Morgan fingerprint density at radius 2 is 1.97 bits per heavy atom. The largest absolute Gasteiger partial charge is 0.381 e. The van der Waals surface area contributed by atoms with E-state index in [0.29, 0.717) is 30.2 Å². The third-order valence-corrected chi connectivity index (χ3v) is 5.85. The average Bonchev–Trinajstić information content (AvgIpc) is 3.34. The van der Waals surface area contributed by atoms with Gasteiger partial charge in [0, 0.05) is 29.0 Å². The quantitative estimate of drug-likeness (QED) is 0.666. The second kappa shape index (κ2) is 7.85. The van der Waals surface area contributed by atoms with Crippen LogP contribution in [-0.4, -0.2) is 70.0 Å². The number of hydrogen-bond donors (Lipinski definition) is 3. The number of carbonyl (C=O) groups is 2. The maximum atomic E-state index is 12.8. The number of ether oxygens (including phenoxy) is 2. The number of benzene rings is 1. The minimum Gasteiger partial charge on any atom is -0.381 e. The van der Waals surface area contributed by atoms with Gasteiger partial charge in [0.2, 0.25) is 0 Å². The van der Waals surface area contributed by atoms with Crippen LogP contribution < -0.4 is 5.32 Å². The molecule has 3 N–H and O–H groups in total. The molecule has 2 aliphatic rings. The van der Waals surface area contributed by atoms with Crippen molar-refractivity contribution in [3.05, 3.63) is 35.0 Å². The molecule has 0 aliphatic carbocycles. The average molecular weight is 436 g/mol. The van der Waals surface area contributed by atoms with Gasteiger partial charge < -0.3 is 29.8 Å². The van der Waals surface area contributed by atoms with E-state index in [0.717, 1.165) is 10.9 Å². The van der Waals surface area contributed by atoms with Gasteiger partial charge in [-0.1, -0.05) is 18.5 Å². The highest BCUT2D eigenvalue weighted by Crippen LogP contribution is 2.33. The molecule has 1 aromatic carbocycles. The van der Waals surface area contributed by atoms with Gasteiger partial charge in [0.15, 0.2) is 11.9 Å². The lowest BCUT2D eigenvalue weighted by molar-refractivity contribution is -0.163. The molecule has 4 atom stereocenters. The van der Waals surface area contributed by atoms with Crippen molar-refractivity contribution in [2.45, 2.75) is 57.3 Å². The number of aromatic amines is 1. The number of carbonyl (C=O) groups excluding carboxylic acids is 2. The van der Waals surface area contributed by atoms with Gasteiger partial charge in [0.25, 0.3) is 11.8 Å². The first-order chi connectivity index (χ1) is 14.2. The monoisotopic (exact) mass is 435 g/mol. The van der Waals surface area contributed by atoms with E-state index in [1.165, 1.54) is 4.90 Å². The Bertz CT molecular complexity index is 959. The van der Waals surface area contributed by atoms with E-state index in [9.17, 15) is 14.7 Å². The molecule has 4 rings (SSSR count). The highest BCUT2D eigenvalue weighted by Gasteiger charge is 2.49. The fourth-order valence-corrected chi connectivity index (χ4v) is 4.32. The van der Waals surface area contributed by atoms with Crippen LogP contribution in [0.1, 0.15) is 37.7 Å². The molecule has 0 saturated carbocycles. The molecule has 3 heterocycles. The number of nitrogens with zero attached hydrogens (tertiary/aromatic N) is 1. The van der Waals surface area contributed by atoms with Crippen LogP contribution in [0.3, 0.4) is 0 Å². The van der Waals surface area contributed by atoms with Crippen LogP contribution in [0.4, 0.5) is 0 Å². The van der Waals surface area contributed by atoms with Crippen LogP contribution in [0.2, 0.25) is 5.02 Å². The third-order valence-electron chi connectivity index (χ3n) is 5.62. The van der Waals surface area contributed by atoms with Crippen LogP contribution in [0.25, 0.3) is 10.9 Å². The fourth-order valence-electron chi connectivity index (χ4n) is 4.14. The summed E-state index contributed by atoms with van der Waals surface area (Å²) in [6.07, 6.45) is -1.37. The summed E-state index contributed by atoms with van der Waals surface area (Å²) >= 11 is 6.00. The number of aliphatic hydroxyl groups is 1. The van der Waals surface area contributed by atoms with Gasteiger partial charge in [0.1, 0.15) is 17.9 Å². The summed E-state index contributed by atoms with van der Waals surface area (Å²) in [6, 6.07) is 6.25. The SMILES string of the molecule is CC[C@H](NC(=O)c1cc2cc(Cl)ccc2[nH]1)[C@@H](O)C(=O)N1C[C@@H]2OC(C)(C)O[C@@H]2C1. The van der Waals surface area contributed by atoms with Gasteiger partial charge in [-0.2, -0.15) is 0 Å². The van der Waals surface area contributed by atoms with E-state index >= 15 is 0 Å². The van der Waals surface area contributed by atoms with Gasteiger partial charge in [-0.3, -0.25) is 9.59 Å². The lowest BCUT2D eigenvalue weighted by atomic mass is 10.1.